The van der Waals surface area contributed by atoms with Gasteiger partial charge in [0.05, 0.1) is 16.4 Å². The van der Waals surface area contributed by atoms with E-state index in [1.807, 2.05) is 0 Å². The normalized spacial score (nSPS) is 14.3. The highest BCUT2D eigenvalue weighted by atomic mass is 28.3. The lowest BCUT2D eigenvalue weighted by Gasteiger charge is -2.47. The van der Waals surface area contributed by atoms with Gasteiger partial charge in [0.2, 0.25) is 0 Å². The number of hydrogen-bond acceptors (Lipinski definition) is 1. The summed E-state index contributed by atoms with van der Waals surface area (Å²) in [5.41, 5.74) is 8.13. The molecule has 0 aliphatic carbocycles. The van der Waals surface area contributed by atoms with Gasteiger partial charge in [0.1, 0.15) is 11.5 Å². The number of nitrogens with zero attached hydrogens (tertiary/aromatic N) is 1. The number of benzene rings is 7. The van der Waals surface area contributed by atoms with E-state index in [4.69, 9.17) is 4.74 Å². The summed E-state index contributed by atoms with van der Waals surface area (Å²) >= 11 is 0. The van der Waals surface area contributed by atoms with Crippen LogP contribution in [-0.2, 0) is 5.41 Å². The van der Waals surface area contributed by atoms with E-state index in [0.717, 1.165) is 11.5 Å². The summed E-state index contributed by atoms with van der Waals surface area (Å²) in [6.45, 7) is 0. The molecule has 1 radical (unpaired) electrons. The predicted molar refractivity (Wildman–Crippen MR) is 190 cm³/mol. The maximum atomic E-state index is 6.67. The zero-order chi connectivity index (χ0) is 30.2. The summed E-state index contributed by atoms with van der Waals surface area (Å²) in [5.74, 6) is 1.83. The molecular formula is C43H28NOSi. The molecule has 10 rings (SSSR count). The summed E-state index contributed by atoms with van der Waals surface area (Å²) < 4.78 is 9.12. The van der Waals surface area contributed by atoms with Gasteiger partial charge in [0.25, 0.3) is 0 Å². The largest absolute Gasteiger partial charge is 0.457 e. The zero-order valence-electron chi connectivity index (χ0n) is 25.0. The van der Waals surface area contributed by atoms with Crippen LogP contribution in [0.4, 0.5) is 0 Å². The average molecular weight is 603 g/mol. The van der Waals surface area contributed by atoms with Crippen molar-refractivity contribution in [2.75, 3.05) is 0 Å². The Balaban J connectivity index is 1.38. The van der Waals surface area contributed by atoms with Crippen molar-refractivity contribution in [1.29, 1.82) is 0 Å². The Hall–Kier alpha value is -5.64. The molecular weight excluding hydrogens is 575 g/mol. The first-order valence-electron chi connectivity index (χ1n) is 15.9. The Kier molecular flexibility index (Phi) is 5.40. The summed E-state index contributed by atoms with van der Waals surface area (Å²) in [7, 11) is -1.34. The van der Waals surface area contributed by atoms with Gasteiger partial charge >= 0.3 is 0 Å². The van der Waals surface area contributed by atoms with Crippen molar-refractivity contribution >= 4 is 46.2 Å². The van der Waals surface area contributed by atoms with Crippen molar-refractivity contribution in [3.63, 3.8) is 0 Å². The molecule has 3 heteroatoms. The number of para-hydroxylation sites is 4. The number of hydrogen-bond donors (Lipinski definition) is 0. The minimum atomic E-state index is -1.34. The summed E-state index contributed by atoms with van der Waals surface area (Å²) in [6, 6.07) is 62.5. The van der Waals surface area contributed by atoms with Crippen LogP contribution in [0.25, 0.3) is 27.5 Å². The molecule has 7 aromatic carbocycles. The van der Waals surface area contributed by atoms with Gasteiger partial charge in [-0.2, -0.15) is 0 Å². The Morgan fingerprint density at radius 3 is 1.63 bits per heavy atom. The minimum Gasteiger partial charge on any atom is -0.457 e. The summed E-state index contributed by atoms with van der Waals surface area (Å²) in [4.78, 5) is 0. The van der Waals surface area contributed by atoms with Gasteiger partial charge < -0.3 is 9.30 Å². The molecule has 1 aromatic heterocycles. The second-order valence-corrected chi connectivity index (χ2v) is 14.6. The standard InChI is InChI=1S/C43H28NOSi/c1-2-14-30(15-3-1)46-41-25-13-8-20-35(41)43(33-18-6-11-23-39(33)45-40-24-12-7-19-34(40)43)36-28-29(26-27-42(36)46)44-37-21-9-4-16-31(37)32-17-5-10-22-38(32)44/h1-28H. The SMILES string of the molecule is c1ccc([Si]2c3ccccc3C3(c4ccccc4Oc4ccccc43)c3cc(-n4c5ccccc5c5ccccc54)ccc32)cc1. The number of rotatable bonds is 2. The lowest BCUT2D eigenvalue weighted by Crippen LogP contribution is -2.62. The van der Waals surface area contributed by atoms with E-state index in [2.05, 4.69) is 174 Å². The van der Waals surface area contributed by atoms with Crippen LogP contribution < -0.4 is 20.3 Å². The van der Waals surface area contributed by atoms with Crippen LogP contribution in [0.15, 0.2) is 170 Å². The second-order valence-electron chi connectivity index (χ2n) is 12.2. The molecule has 0 fully saturated rings. The fourth-order valence-electron chi connectivity index (χ4n) is 8.21. The van der Waals surface area contributed by atoms with E-state index in [9.17, 15) is 0 Å². The molecule has 46 heavy (non-hydrogen) atoms. The maximum absolute atomic E-state index is 6.67. The molecule has 0 amide bonds. The highest BCUT2D eigenvalue weighted by Gasteiger charge is 2.51. The molecule has 2 nitrogen and oxygen atoms in total. The van der Waals surface area contributed by atoms with Crippen molar-refractivity contribution in [3.8, 4) is 17.2 Å². The van der Waals surface area contributed by atoms with Gasteiger partial charge in [-0.1, -0.05) is 139 Å². The molecule has 8 aromatic rings. The smallest absolute Gasteiger partial charge is 0.155 e. The molecule has 0 saturated heterocycles. The highest BCUT2D eigenvalue weighted by molar-refractivity contribution is 6.96. The van der Waals surface area contributed by atoms with Crippen LogP contribution in [-0.4, -0.2) is 13.4 Å². The first-order chi connectivity index (χ1) is 22.8. The van der Waals surface area contributed by atoms with Gasteiger partial charge in [0, 0.05) is 27.6 Å². The van der Waals surface area contributed by atoms with Crippen LogP contribution in [0.5, 0.6) is 11.5 Å². The third-order valence-electron chi connectivity index (χ3n) is 9.98. The van der Waals surface area contributed by atoms with E-state index < -0.39 is 14.2 Å². The number of aromatic nitrogens is 1. The third-order valence-corrected chi connectivity index (χ3v) is 12.8. The second kappa shape index (κ2) is 9.68. The van der Waals surface area contributed by atoms with Crippen LogP contribution >= 0.6 is 0 Å². The molecule has 215 valence electrons. The summed E-state index contributed by atoms with van der Waals surface area (Å²) in [6.07, 6.45) is 0. The van der Waals surface area contributed by atoms with Crippen molar-refractivity contribution in [3.05, 3.63) is 192 Å². The van der Waals surface area contributed by atoms with Gasteiger partial charge in [-0.25, -0.2) is 0 Å². The van der Waals surface area contributed by atoms with E-state index in [1.54, 1.807) is 0 Å². The molecule has 2 aliphatic heterocycles. The minimum absolute atomic E-state index is 0.547. The molecule has 0 unspecified atom stereocenters. The van der Waals surface area contributed by atoms with E-state index in [0.29, 0.717) is 0 Å². The zero-order valence-corrected chi connectivity index (χ0v) is 26.0. The predicted octanol–water partition coefficient (Wildman–Crippen LogP) is 8.10. The molecule has 0 atom stereocenters. The maximum Gasteiger partial charge on any atom is 0.155 e. The van der Waals surface area contributed by atoms with Crippen molar-refractivity contribution in [2.45, 2.75) is 5.41 Å². The van der Waals surface area contributed by atoms with Gasteiger partial charge in [-0.05, 0) is 57.9 Å². The Morgan fingerprint density at radius 2 is 0.957 bits per heavy atom. The monoisotopic (exact) mass is 602 g/mol. The van der Waals surface area contributed by atoms with Crippen LogP contribution in [0.1, 0.15) is 22.3 Å². The van der Waals surface area contributed by atoms with Crippen molar-refractivity contribution in [1.82, 2.24) is 4.57 Å². The Morgan fingerprint density at radius 1 is 0.435 bits per heavy atom. The molecule has 0 bridgehead atoms. The van der Waals surface area contributed by atoms with E-state index in [-0.39, 0.29) is 0 Å². The van der Waals surface area contributed by atoms with Gasteiger partial charge in [0.15, 0.2) is 8.80 Å². The van der Waals surface area contributed by atoms with Crippen LogP contribution in [0.2, 0.25) is 0 Å². The fourth-order valence-corrected chi connectivity index (χ4v) is 11.2. The quantitative estimate of drug-likeness (QED) is 0.182. The molecule has 0 N–H and O–H groups in total. The molecule has 1 spiro atoms. The first-order valence-corrected chi connectivity index (χ1v) is 17.4. The molecule has 0 saturated carbocycles. The highest BCUT2D eigenvalue weighted by Crippen LogP contribution is 2.55. The molecule has 3 heterocycles. The van der Waals surface area contributed by atoms with E-state index in [1.165, 1.54) is 65.3 Å². The first kappa shape index (κ1) is 25.7. The van der Waals surface area contributed by atoms with Crippen molar-refractivity contribution < 1.29 is 4.74 Å². The molecule has 2 aliphatic rings. The average Bonchev–Trinajstić information content (AvgIpc) is 3.46. The van der Waals surface area contributed by atoms with Crippen LogP contribution in [0.3, 0.4) is 0 Å². The number of ether oxygens (including phenoxy) is 1. The summed E-state index contributed by atoms with van der Waals surface area (Å²) in [5, 5.41) is 6.79. The van der Waals surface area contributed by atoms with Crippen LogP contribution in [0, 0.1) is 0 Å². The van der Waals surface area contributed by atoms with E-state index >= 15 is 0 Å². The van der Waals surface area contributed by atoms with Gasteiger partial charge in [-0.15, -0.1) is 0 Å². The lowest BCUT2D eigenvalue weighted by atomic mass is 9.63. The lowest BCUT2D eigenvalue weighted by molar-refractivity contribution is 0.435. The van der Waals surface area contributed by atoms with Crippen molar-refractivity contribution in [2.24, 2.45) is 0 Å². The van der Waals surface area contributed by atoms with Gasteiger partial charge in [-0.3, -0.25) is 0 Å². The Bertz CT molecular complexity index is 2380. The topological polar surface area (TPSA) is 14.2 Å². The Labute approximate surface area is 269 Å². The number of fused-ring (bicyclic) bond motifs is 11. The third kappa shape index (κ3) is 3.35. The fraction of sp³-hybridized carbons (Fsp3) is 0.0233.